The number of aryl methyl sites for hydroxylation is 1. The number of phenolic OH excluding ortho intramolecular Hbond substituents is 2. The summed E-state index contributed by atoms with van der Waals surface area (Å²) in [4.78, 5) is 0. The molecule has 0 bridgehead atoms. The number of halogens is 1. The van der Waals surface area contributed by atoms with Crippen LogP contribution in [0.3, 0.4) is 0 Å². The number of hydrogen-bond donors (Lipinski definition) is 3. The molecule has 0 atom stereocenters. The lowest BCUT2D eigenvalue weighted by Gasteiger charge is -2.09. The van der Waals surface area contributed by atoms with Crippen molar-refractivity contribution in [2.75, 3.05) is 5.73 Å². The van der Waals surface area contributed by atoms with Gasteiger partial charge in [0, 0.05) is 5.56 Å². The number of aromatic hydroxyl groups is 2. The van der Waals surface area contributed by atoms with Crippen molar-refractivity contribution < 1.29 is 19.0 Å². The highest BCUT2D eigenvalue weighted by Crippen LogP contribution is 2.46. The van der Waals surface area contributed by atoms with Crippen LogP contribution in [0.25, 0.3) is 11.1 Å². The average molecular weight is 337 g/mol. The largest absolute Gasteiger partial charge is 0.508 e. The number of nitrogen functional groups attached to an aromatic ring is 1. The van der Waals surface area contributed by atoms with E-state index in [0.717, 1.165) is 27.8 Å². The fraction of sp³-hybridized carbons (Fsp3) is 0.100. The fourth-order valence-electron chi connectivity index (χ4n) is 3.46. The van der Waals surface area contributed by atoms with Gasteiger partial charge in [-0.2, -0.15) is 0 Å². The summed E-state index contributed by atoms with van der Waals surface area (Å²) >= 11 is 0. The van der Waals surface area contributed by atoms with E-state index in [-0.39, 0.29) is 11.6 Å². The summed E-state index contributed by atoms with van der Waals surface area (Å²) in [6.07, 6.45) is 2.08. The van der Waals surface area contributed by atoms with Crippen molar-refractivity contribution in [2.45, 2.75) is 13.3 Å². The molecular weight excluding hydrogens is 321 g/mol. The van der Waals surface area contributed by atoms with Gasteiger partial charge in [0.25, 0.3) is 0 Å². The average Bonchev–Trinajstić information content (AvgIpc) is 3.13. The molecule has 0 aliphatic heterocycles. The number of fused-ring (bicyclic) bond motifs is 1. The minimum Gasteiger partial charge on any atom is -0.508 e. The standard InChI is InChI=1S/C20H16FNO3/c1-10-6-12(23)8-16-14(10)9-15(11-2-3-18(24)17(21)7-11)19(16)13-4-5-25-20(13)22/h2-8,23-24H,9,22H2,1H3. The van der Waals surface area contributed by atoms with Crippen molar-refractivity contribution in [3.05, 3.63) is 76.3 Å². The fourth-order valence-corrected chi connectivity index (χ4v) is 3.46. The van der Waals surface area contributed by atoms with Crippen LogP contribution >= 0.6 is 0 Å². The summed E-state index contributed by atoms with van der Waals surface area (Å²) in [6.45, 7) is 1.93. The number of furan rings is 1. The van der Waals surface area contributed by atoms with Crippen molar-refractivity contribution in [2.24, 2.45) is 0 Å². The van der Waals surface area contributed by atoms with Crippen molar-refractivity contribution in [1.29, 1.82) is 0 Å². The summed E-state index contributed by atoms with van der Waals surface area (Å²) in [6, 6.07) is 9.47. The second-order valence-corrected chi connectivity index (χ2v) is 6.18. The summed E-state index contributed by atoms with van der Waals surface area (Å²) < 4.78 is 19.1. The third-order valence-electron chi connectivity index (χ3n) is 4.64. The normalized spacial score (nSPS) is 13.4. The molecule has 0 unspecified atom stereocenters. The first-order valence-corrected chi connectivity index (χ1v) is 7.84. The van der Waals surface area contributed by atoms with E-state index in [9.17, 15) is 14.6 Å². The van der Waals surface area contributed by atoms with Gasteiger partial charge in [0.05, 0.1) is 6.26 Å². The van der Waals surface area contributed by atoms with E-state index in [1.165, 1.54) is 18.4 Å². The van der Waals surface area contributed by atoms with E-state index in [1.54, 1.807) is 24.3 Å². The summed E-state index contributed by atoms with van der Waals surface area (Å²) in [5.41, 5.74) is 11.9. The molecule has 1 aliphatic rings. The van der Waals surface area contributed by atoms with Gasteiger partial charge in [0.1, 0.15) is 5.75 Å². The van der Waals surface area contributed by atoms with Crippen molar-refractivity contribution in [1.82, 2.24) is 0 Å². The Morgan fingerprint density at radius 1 is 1.08 bits per heavy atom. The monoisotopic (exact) mass is 337 g/mol. The number of hydrogen-bond acceptors (Lipinski definition) is 4. The van der Waals surface area contributed by atoms with E-state index in [4.69, 9.17) is 10.2 Å². The van der Waals surface area contributed by atoms with Crippen LogP contribution in [0.5, 0.6) is 11.5 Å². The van der Waals surface area contributed by atoms with E-state index in [1.807, 2.05) is 6.92 Å². The van der Waals surface area contributed by atoms with Crippen molar-refractivity contribution >= 4 is 17.0 Å². The Labute approximate surface area is 143 Å². The molecule has 4 N–H and O–H groups in total. The van der Waals surface area contributed by atoms with Crippen LogP contribution in [-0.4, -0.2) is 10.2 Å². The summed E-state index contributed by atoms with van der Waals surface area (Å²) in [5.74, 6) is -0.646. The first-order chi connectivity index (χ1) is 12.0. The van der Waals surface area contributed by atoms with Gasteiger partial charge in [-0.25, -0.2) is 4.39 Å². The highest BCUT2D eigenvalue weighted by Gasteiger charge is 2.28. The Bertz CT molecular complexity index is 1030. The van der Waals surface area contributed by atoms with E-state index >= 15 is 0 Å². The zero-order valence-corrected chi connectivity index (χ0v) is 13.5. The Morgan fingerprint density at radius 2 is 1.88 bits per heavy atom. The number of benzene rings is 2. The third kappa shape index (κ3) is 2.36. The van der Waals surface area contributed by atoms with Gasteiger partial charge < -0.3 is 20.4 Å². The lowest BCUT2D eigenvalue weighted by molar-refractivity contribution is 0.432. The smallest absolute Gasteiger partial charge is 0.197 e. The lowest BCUT2D eigenvalue weighted by Crippen LogP contribution is -1.93. The Balaban J connectivity index is 2.01. The van der Waals surface area contributed by atoms with Gasteiger partial charge in [0.15, 0.2) is 17.5 Å². The second-order valence-electron chi connectivity index (χ2n) is 6.18. The number of allylic oxidation sites excluding steroid dienone is 1. The van der Waals surface area contributed by atoms with Crippen LogP contribution in [0.15, 0.2) is 47.1 Å². The number of rotatable bonds is 2. The van der Waals surface area contributed by atoms with Gasteiger partial charge >= 0.3 is 0 Å². The third-order valence-corrected chi connectivity index (χ3v) is 4.64. The van der Waals surface area contributed by atoms with E-state index in [2.05, 4.69) is 0 Å². The molecular formula is C20H16FNO3. The lowest BCUT2D eigenvalue weighted by atomic mass is 9.95. The van der Waals surface area contributed by atoms with Crippen LogP contribution in [-0.2, 0) is 6.42 Å². The first-order valence-electron chi connectivity index (χ1n) is 7.84. The number of nitrogens with two attached hydrogens (primary N) is 1. The Hall–Kier alpha value is -3.21. The molecule has 0 saturated heterocycles. The molecule has 0 amide bonds. The minimum atomic E-state index is -0.681. The predicted molar refractivity (Wildman–Crippen MR) is 93.6 cm³/mol. The molecule has 25 heavy (non-hydrogen) atoms. The zero-order valence-electron chi connectivity index (χ0n) is 13.5. The molecule has 1 heterocycles. The zero-order chi connectivity index (χ0) is 17.7. The molecule has 4 rings (SSSR count). The van der Waals surface area contributed by atoms with Gasteiger partial charge in [-0.15, -0.1) is 0 Å². The molecule has 0 radical (unpaired) electrons. The molecule has 4 nitrogen and oxygen atoms in total. The number of anilines is 1. The molecule has 5 heteroatoms. The van der Waals surface area contributed by atoms with Crippen LogP contribution in [0.4, 0.5) is 10.3 Å². The highest BCUT2D eigenvalue weighted by molar-refractivity contribution is 6.05. The van der Waals surface area contributed by atoms with E-state index < -0.39 is 11.6 Å². The maximum Gasteiger partial charge on any atom is 0.197 e. The molecule has 2 aromatic carbocycles. The summed E-state index contributed by atoms with van der Waals surface area (Å²) in [5, 5.41) is 19.5. The maximum absolute atomic E-state index is 13.9. The van der Waals surface area contributed by atoms with Crippen molar-refractivity contribution in [3.8, 4) is 11.5 Å². The summed E-state index contributed by atoms with van der Waals surface area (Å²) in [7, 11) is 0. The highest BCUT2D eigenvalue weighted by atomic mass is 19.1. The quantitative estimate of drug-likeness (QED) is 0.653. The molecule has 1 aliphatic carbocycles. The Kier molecular flexibility index (Phi) is 3.32. The SMILES string of the molecule is Cc1cc(O)cc2c1CC(c1ccc(O)c(F)c1)=C2c1ccoc1N. The second kappa shape index (κ2) is 5.41. The maximum atomic E-state index is 13.9. The molecule has 0 spiro atoms. The van der Waals surface area contributed by atoms with Crippen LogP contribution in [0, 0.1) is 12.7 Å². The van der Waals surface area contributed by atoms with Gasteiger partial charge in [-0.05, 0) is 77.1 Å². The molecule has 126 valence electrons. The van der Waals surface area contributed by atoms with E-state index in [0.29, 0.717) is 17.5 Å². The molecule has 3 aromatic rings. The van der Waals surface area contributed by atoms with Crippen LogP contribution in [0.1, 0.15) is 27.8 Å². The Morgan fingerprint density at radius 3 is 2.56 bits per heavy atom. The molecule has 0 saturated carbocycles. The topological polar surface area (TPSA) is 79.6 Å². The van der Waals surface area contributed by atoms with Crippen LogP contribution < -0.4 is 5.73 Å². The molecule has 1 aromatic heterocycles. The minimum absolute atomic E-state index is 0.161. The van der Waals surface area contributed by atoms with Gasteiger partial charge in [0.2, 0.25) is 0 Å². The molecule has 0 fully saturated rings. The van der Waals surface area contributed by atoms with Gasteiger partial charge in [-0.3, -0.25) is 0 Å². The first kappa shape index (κ1) is 15.3. The van der Waals surface area contributed by atoms with Crippen LogP contribution in [0.2, 0.25) is 0 Å². The van der Waals surface area contributed by atoms with Crippen molar-refractivity contribution in [3.63, 3.8) is 0 Å². The van der Waals surface area contributed by atoms with Gasteiger partial charge in [-0.1, -0.05) is 6.07 Å². The number of phenols is 2. The predicted octanol–water partition coefficient (Wildman–Crippen LogP) is 4.24.